The number of carboxylic acid groups (broad SMARTS) is 1. The Morgan fingerprint density at radius 1 is 1.32 bits per heavy atom. The molecule has 1 heterocycles. The van der Waals surface area contributed by atoms with Crippen LogP contribution in [0.3, 0.4) is 0 Å². The summed E-state index contributed by atoms with van der Waals surface area (Å²) in [6.07, 6.45) is 2.71. The predicted molar refractivity (Wildman–Crippen MR) is 105 cm³/mol. The number of carbonyl (C=O) groups excluding carboxylic acids is 2. The molecule has 0 saturated carbocycles. The number of nitrogens with one attached hydrogen (secondary N) is 1. The summed E-state index contributed by atoms with van der Waals surface area (Å²) in [5.74, 6) is -1.29. The molecule has 1 saturated heterocycles. The number of para-hydroxylation sites is 1. The zero-order valence-corrected chi connectivity index (χ0v) is 16.8. The number of hydrogen-bond acceptors (Lipinski definition) is 4. The molecule has 7 nitrogen and oxygen atoms in total. The molecule has 0 radical (unpaired) electrons. The molecule has 1 aliphatic rings. The average Bonchev–Trinajstić information content (AvgIpc) is 2.70. The second-order valence-corrected chi connectivity index (χ2v) is 7.08. The molecule has 3 atom stereocenters. The van der Waals surface area contributed by atoms with Crippen molar-refractivity contribution in [3.63, 3.8) is 0 Å². The van der Waals surface area contributed by atoms with Crippen LogP contribution in [0.2, 0.25) is 0 Å². The lowest BCUT2D eigenvalue weighted by Crippen LogP contribution is -2.51. The van der Waals surface area contributed by atoms with Crippen molar-refractivity contribution in [2.24, 2.45) is 5.92 Å². The molecule has 0 bridgehead atoms. The van der Waals surface area contributed by atoms with Gasteiger partial charge in [0.2, 0.25) is 11.8 Å². The average molecular weight is 390 g/mol. The minimum Gasteiger partial charge on any atom is -0.496 e. The van der Waals surface area contributed by atoms with Crippen molar-refractivity contribution in [3.8, 4) is 5.75 Å². The van der Waals surface area contributed by atoms with E-state index < -0.39 is 24.0 Å². The number of rotatable bonds is 9. The first-order valence-electron chi connectivity index (χ1n) is 9.90. The van der Waals surface area contributed by atoms with Crippen molar-refractivity contribution in [3.05, 3.63) is 29.8 Å². The van der Waals surface area contributed by atoms with Gasteiger partial charge in [0.05, 0.1) is 19.1 Å². The number of ether oxygens (including phenoxy) is 1. The van der Waals surface area contributed by atoms with Gasteiger partial charge in [-0.3, -0.25) is 9.59 Å². The van der Waals surface area contributed by atoms with Gasteiger partial charge in [0.1, 0.15) is 11.8 Å². The SMILES string of the molecule is CCCCN1C(=O)CCC(C(=O)NC(CC)C(=O)O)C1c1ccccc1OC. The van der Waals surface area contributed by atoms with Gasteiger partial charge in [-0.2, -0.15) is 0 Å². The van der Waals surface area contributed by atoms with E-state index in [9.17, 15) is 19.5 Å². The second-order valence-electron chi connectivity index (χ2n) is 7.08. The van der Waals surface area contributed by atoms with Crippen molar-refractivity contribution in [1.29, 1.82) is 0 Å². The molecule has 0 spiro atoms. The van der Waals surface area contributed by atoms with Gasteiger partial charge in [-0.25, -0.2) is 4.79 Å². The van der Waals surface area contributed by atoms with E-state index in [-0.39, 0.29) is 18.2 Å². The van der Waals surface area contributed by atoms with E-state index in [1.165, 1.54) is 0 Å². The van der Waals surface area contributed by atoms with Crippen LogP contribution < -0.4 is 10.1 Å². The van der Waals surface area contributed by atoms with Gasteiger partial charge in [0.15, 0.2) is 0 Å². The van der Waals surface area contributed by atoms with E-state index >= 15 is 0 Å². The number of likely N-dealkylation sites (tertiary alicyclic amines) is 1. The third-order valence-corrected chi connectivity index (χ3v) is 5.28. The minimum absolute atomic E-state index is 0.0127. The summed E-state index contributed by atoms with van der Waals surface area (Å²) in [5, 5.41) is 11.9. The van der Waals surface area contributed by atoms with Crippen molar-refractivity contribution >= 4 is 17.8 Å². The Morgan fingerprint density at radius 3 is 2.64 bits per heavy atom. The van der Waals surface area contributed by atoms with Crippen LogP contribution in [0.25, 0.3) is 0 Å². The fraction of sp³-hybridized carbons (Fsp3) is 0.571. The van der Waals surface area contributed by atoms with E-state index in [4.69, 9.17) is 4.74 Å². The van der Waals surface area contributed by atoms with Crippen LogP contribution >= 0.6 is 0 Å². The fourth-order valence-corrected chi connectivity index (χ4v) is 3.73. The van der Waals surface area contributed by atoms with E-state index in [1.807, 2.05) is 24.3 Å². The molecule has 2 rings (SSSR count). The summed E-state index contributed by atoms with van der Waals surface area (Å²) in [7, 11) is 1.56. The Morgan fingerprint density at radius 2 is 2.04 bits per heavy atom. The second kappa shape index (κ2) is 10.1. The molecule has 0 aliphatic carbocycles. The Balaban J connectivity index is 2.42. The van der Waals surface area contributed by atoms with Gasteiger partial charge < -0.3 is 20.1 Å². The lowest BCUT2D eigenvalue weighted by Gasteiger charge is -2.41. The molecule has 2 amide bonds. The largest absolute Gasteiger partial charge is 0.496 e. The molecule has 1 aromatic carbocycles. The van der Waals surface area contributed by atoms with Crippen LogP contribution in [0, 0.1) is 5.92 Å². The number of carbonyl (C=O) groups is 3. The summed E-state index contributed by atoms with van der Waals surface area (Å²) in [6.45, 7) is 4.32. The normalized spacial score (nSPS) is 20.5. The summed E-state index contributed by atoms with van der Waals surface area (Å²) >= 11 is 0. The van der Waals surface area contributed by atoms with Crippen LogP contribution in [0.1, 0.15) is 57.6 Å². The van der Waals surface area contributed by atoms with E-state index in [1.54, 1.807) is 18.9 Å². The van der Waals surface area contributed by atoms with Crippen molar-refractivity contribution in [2.45, 2.75) is 58.0 Å². The molecular formula is C21H30N2O5. The fourth-order valence-electron chi connectivity index (χ4n) is 3.73. The monoisotopic (exact) mass is 390 g/mol. The molecule has 3 unspecified atom stereocenters. The number of methoxy groups -OCH3 is 1. The third kappa shape index (κ3) is 4.82. The highest BCUT2D eigenvalue weighted by molar-refractivity contribution is 5.88. The van der Waals surface area contributed by atoms with Crippen molar-refractivity contribution in [1.82, 2.24) is 10.2 Å². The van der Waals surface area contributed by atoms with Crippen LogP contribution in [0.5, 0.6) is 5.75 Å². The molecule has 7 heteroatoms. The maximum absolute atomic E-state index is 13.0. The standard InChI is InChI=1S/C21H30N2O5/c1-4-6-13-23-18(24)12-11-15(20(25)22-16(5-2)21(26)27)19(23)14-9-7-8-10-17(14)28-3/h7-10,15-16,19H,4-6,11-13H2,1-3H3,(H,22,25)(H,26,27). The summed E-state index contributed by atoms with van der Waals surface area (Å²) in [4.78, 5) is 38.8. The molecule has 1 aromatic rings. The molecular weight excluding hydrogens is 360 g/mol. The summed E-state index contributed by atoms with van der Waals surface area (Å²) in [6, 6.07) is 5.97. The van der Waals surface area contributed by atoms with Gasteiger partial charge >= 0.3 is 5.97 Å². The Hall–Kier alpha value is -2.57. The topological polar surface area (TPSA) is 95.9 Å². The number of benzene rings is 1. The lowest BCUT2D eigenvalue weighted by molar-refractivity contribution is -0.147. The quantitative estimate of drug-likeness (QED) is 0.676. The Kier molecular flexibility index (Phi) is 7.84. The summed E-state index contributed by atoms with van der Waals surface area (Å²) < 4.78 is 5.49. The first-order chi connectivity index (χ1) is 13.4. The van der Waals surface area contributed by atoms with Gasteiger partial charge in [-0.1, -0.05) is 38.5 Å². The van der Waals surface area contributed by atoms with Gasteiger partial charge in [-0.15, -0.1) is 0 Å². The van der Waals surface area contributed by atoms with Gasteiger partial charge in [0.25, 0.3) is 0 Å². The number of nitrogens with zero attached hydrogens (tertiary/aromatic N) is 1. The Labute approximate surface area is 166 Å². The van der Waals surface area contributed by atoms with E-state index in [0.29, 0.717) is 25.1 Å². The number of hydrogen-bond donors (Lipinski definition) is 2. The van der Waals surface area contributed by atoms with Crippen LogP contribution in [-0.2, 0) is 14.4 Å². The number of amides is 2. The minimum atomic E-state index is -1.06. The first kappa shape index (κ1) is 21.7. The van der Waals surface area contributed by atoms with Crippen molar-refractivity contribution < 1.29 is 24.2 Å². The lowest BCUT2D eigenvalue weighted by atomic mass is 9.82. The highest BCUT2D eigenvalue weighted by atomic mass is 16.5. The van der Waals surface area contributed by atoms with Gasteiger partial charge in [0, 0.05) is 18.5 Å². The first-order valence-corrected chi connectivity index (χ1v) is 9.90. The zero-order chi connectivity index (χ0) is 20.7. The van der Waals surface area contributed by atoms with Crippen LogP contribution in [-0.4, -0.2) is 47.5 Å². The zero-order valence-electron chi connectivity index (χ0n) is 16.8. The molecule has 2 N–H and O–H groups in total. The maximum Gasteiger partial charge on any atom is 0.326 e. The van der Waals surface area contributed by atoms with E-state index in [0.717, 1.165) is 18.4 Å². The molecule has 1 fully saturated rings. The molecule has 1 aliphatic heterocycles. The van der Waals surface area contributed by atoms with Gasteiger partial charge in [-0.05, 0) is 25.3 Å². The number of carboxylic acids is 1. The summed E-state index contributed by atoms with van der Waals surface area (Å²) in [5.41, 5.74) is 0.776. The molecule has 0 aromatic heterocycles. The van der Waals surface area contributed by atoms with E-state index in [2.05, 4.69) is 12.2 Å². The predicted octanol–water partition coefficient (Wildman–Crippen LogP) is 2.75. The van der Waals surface area contributed by atoms with Crippen LogP contribution in [0.15, 0.2) is 24.3 Å². The van der Waals surface area contributed by atoms with Crippen molar-refractivity contribution in [2.75, 3.05) is 13.7 Å². The molecule has 28 heavy (non-hydrogen) atoms. The number of unbranched alkanes of at least 4 members (excludes halogenated alkanes) is 1. The highest BCUT2D eigenvalue weighted by Gasteiger charge is 2.42. The smallest absolute Gasteiger partial charge is 0.326 e. The maximum atomic E-state index is 13.0. The Bertz CT molecular complexity index is 706. The number of aliphatic carboxylic acids is 1. The highest BCUT2D eigenvalue weighted by Crippen LogP contribution is 2.40. The van der Waals surface area contributed by atoms with Crippen LogP contribution in [0.4, 0.5) is 0 Å². The third-order valence-electron chi connectivity index (χ3n) is 5.28. The number of piperidine rings is 1. The molecule has 154 valence electrons.